The fourth-order valence-electron chi connectivity index (χ4n) is 1.40. The normalized spacial score (nSPS) is 13.1. The summed E-state index contributed by atoms with van der Waals surface area (Å²) in [4.78, 5) is 11.5. The number of carbonyl (C=O) groups excluding carboxylic acids is 1. The van der Waals surface area contributed by atoms with Crippen LogP contribution in [0, 0.1) is 0 Å². The molecule has 1 aromatic heterocycles. The van der Waals surface area contributed by atoms with Gasteiger partial charge in [0.05, 0.1) is 19.2 Å². The molecule has 0 aliphatic rings. The Kier molecular flexibility index (Phi) is 5.81. The highest BCUT2D eigenvalue weighted by molar-refractivity contribution is 5.74. The first kappa shape index (κ1) is 16.3. The predicted molar refractivity (Wildman–Crippen MR) is 62.8 cm³/mol. The Bertz CT molecular complexity index is 434. The van der Waals surface area contributed by atoms with Crippen LogP contribution in [0.3, 0.4) is 0 Å². The Balaban J connectivity index is 2.43. The average Bonchev–Trinajstić information content (AvgIpc) is 2.84. The van der Waals surface area contributed by atoms with E-state index in [1.807, 2.05) is 6.92 Å². The molecule has 0 fully saturated rings. The average molecular weight is 295 g/mol. The molecule has 0 aliphatic carbocycles. The first-order valence-electron chi connectivity index (χ1n) is 5.93. The predicted octanol–water partition coefficient (Wildman–Crippen LogP) is 1.92. The van der Waals surface area contributed by atoms with Crippen molar-refractivity contribution < 1.29 is 27.2 Å². The van der Waals surface area contributed by atoms with Gasteiger partial charge in [0.15, 0.2) is 0 Å². The van der Waals surface area contributed by atoms with Crippen molar-refractivity contribution in [2.75, 3.05) is 13.7 Å². The van der Waals surface area contributed by atoms with Gasteiger partial charge in [-0.05, 0) is 6.42 Å². The fourth-order valence-corrected chi connectivity index (χ4v) is 1.40. The van der Waals surface area contributed by atoms with Gasteiger partial charge in [-0.25, -0.2) is 4.79 Å². The Morgan fingerprint density at radius 3 is 2.75 bits per heavy atom. The summed E-state index contributed by atoms with van der Waals surface area (Å²) in [7, 11) is 1.51. The van der Waals surface area contributed by atoms with Crippen LogP contribution in [0.5, 0.6) is 0 Å². The van der Waals surface area contributed by atoms with E-state index in [0.29, 0.717) is 13.0 Å². The van der Waals surface area contributed by atoms with Crippen LogP contribution in [0.25, 0.3) is 0 Å². The lowest BCUT2D eigenvalue weighted by molar-refractivity contribution is -0.155. The summed E-state index contributed by atoms with van der Waals surface area (Å²) in [5.74, 6) is -1.19. The number of rotatable bonds is 6. The summed E-state index contributed by atoms with van der Waals surface area (Å²) < 4.78 is 45.8. The molecular weight excluding hydrogens is 279 g/mol. The smallest absolute Gasteiger partial charge is 0.383 e. The van der Waals surface area contributed by atoms with E-state index in [2.05, 4.69) is 20.3 Å². The van der Waals surface area contributed by atoms with Gasteiger partial charge in [0.1, 0.15) is 5.69 Å². The molecule has 0 saturated heterocycles. The van der Waals surface area contributed by atoms with Gasteiger partial charge in [-0.2, -0.15) is 13.2 Å². The molecule has 114 valence electrons. The molecular formula is C11H16F3N3O3. The zero-order valence-corrected chi connectivity index (χ0v) is 11.1. The van der Waals surface area contributed by atoms with Gasteiger partial charge in [-0.1, -0.05) is 12.1 Å². The Labute approximate surface area is 113 Å². The maximum absolute atomic E-state index is 12.3. The molecule has 0 spiro atoms. The third-order valence-electron chi connectivity index (χ3n) is 2.46. The zero-order valence-electron chi connectivity index (χ0n) is 11.1. The maximum atomic E-state index is 12.3. The van der Waals surface area contributed by atoms with Crippen LogP contribution in [0.4, 0.5) is 18.0 Å². The lowest BCUT2D eigenvalue weighted by Gasteiger charge is -2.15. The van der Waals surface area contributed by atoms with E-state index in [1.165, 1.54) is 7.11 Å². The van der Waals surface area contributed by atoms with Gasteiger partial charge < -0.3 is 19.9 Å². The van der Waals surface area contributed by atoms with Crippen molar-refractivity contribution >= 4 is 6.03 Å². The minimum atomic E-state index is -4.58. The first-order chi connectivity index (χ1) is 9.36. The summed E-state index contributed by atoms with van der Waals surface area (Å²) >= 11 is 0. The number of hydrogen-bond donors (Lipinski definition) is 2. The number of halogens is 3. The van der Waals surface area contributed by atoms with Crippen LogP contribution in [0.15, 0.2) is 10.6 Å². The summed E-state index contributed by atoms with van der Waals surface area (Å²) in [5.41, 5.74) is -0.00716. The highest BCUT2D eigenvalue weighted by Crippen LogP contribution is 2.29. The molecule has 6 nitrogen and oxygen atoms in total. The van der Waals surface area contributed by atoms with Gasteiger partial charge in [0.25, 0.3) is 0 Å². The molecule has 0 aromatic carbocycles. The number of nitrogens with one attached hydrogen (secondary N) is 2. The molecule has 0 saturated carbocycles. The molecule has 2 amide bonds. The number of amides is 2. The molecule has 1 aromatic rings. The number of hydrogen-bond acceptors (Lipinski definition) is 4. The second-order valence-corrected chi connectivity index (χ2v) is 4.07. The zero-order chi connectivity index (χ0) is 15.2. The van der Waals surface area contributed by atoms with E-state index in [-0.39, 0.29) is 18.3 Å². The third-order valence-corrected chi connectivity index (χ3v) is 2.46. The summed E-state index contributed by atoms with van der Waals surface area (Å²) in [5, 5.41) is 8.24. The molecule has 9 heteroatoms. The maximum Gasteiger partial charge on any atom is 0.452 e. The summed E-state index contributed by atoms with van der Waals surface area (Å²) in [6, 6.07) is 0.0701. The van der Waals surface area contributed by atoms with Crippen LogP contribution in [0.1, 0.15) is 24.8 Å². The number of carbonyl (C=O) groups is 1. The summed E-state index contributed by atoms with van der Waals surface area (Å²) in [6.45, 7) is 2.07. The van der Waals surface area contributed by atoms with Crippen LogP contribution in [-0.2, 0) is 17.5 Å². The number of urea groups is 1. The van der Waals surface area contributed by atoms with Crippen molar-refractivity contribution in [2.45, 2.75) is 32.1 Å². The van der Waals surface area contributed by atoms with Gasteiger partial charge >= 0.3 is 12.2 Å². The molecule has 0 radical (unpaired) electrons. The lowest BCUT2D eigenvalue weighted by Crippen LogP contribution is -2.43. The second kappa shape index (κ2) is 7.13. The van der Waals surface area contributed by atoms with Crippen molar-refractivity contribution in [1.82, 2.24) is 15.8 Å². The van der Waals surface area contributed by atoms with Crippen LogP contribution in [0.2, 0.25) is 0 Å². The van der Waals surface area contributed by atoms with E-state index in [9.17, 15) is 18.0 Å². The van der Waals surface area contributed by atoms with Crippen LogP contribution >= 0.6 is 0 Å². The molecule has 0 bridgehead atoms. The number of methoxy groups -OCH3 is 1. The Hall–Kier alpha value is -1.77. The number of aromatic nitrogens is 1. The lowest BCUT2D eigenvalue weighted by atomic mass is 10.2. The summed E-state index contributed by atoms with van der Waals surface area (Å²) in [6.07, 6.45) is -3.91. The van der Waals surface area contributed by atoms with Gasteiger partial charge in [0.2, 0.25) is 5.76 Å². The highest BCUT2D eigenvalue weighted by atomic mass is 19.4. The van der Waals surface area contributed by atoms with E-state index in [4.69, 9.17) is 4.74 Å². The molecule has 0 aliphatic heterocycles. The Morgan fingerprint density at radius 2 is 2.25 bits per heavy atom. The molecule has 1 heterocycles. The van der Waals surface area contributed by atoms with Gasteiger partial charge in [-0.3, -0.25) is 0 Å². The Morgan fingerprint density at radius 1 is 1.55 bits per heavy atom. The monoisotopic (exact) mass is 295 g/mol. The molecule has 1 rings (SSSR count). The standard InChI is InChI=1S/C11H16F3N3O3/c1-3-7(6-19-2)16-10(18)15-5-8-4-9(20-17-8)11(12,13)14/h4,7H,3,5-6H2,1-2H3,(H2,15,16,18). The highest BCUT2D eigenvalue weighted by Gasteiger charge is 2.36. The quantitative estimate of drug-likeness (QED) is 0.840. The SMILES string of the molecule is CCC(COC)NC(=O)NCc1cc(C(F)(F)F)on1. The first-order valence-corrected chi connectivity index (χ1v) is 5.93. The van der Waals surface area contributed by atoms with E-state index < -0.39 is 18.0 Å². The third kappa shape index (κ3) is 5.08. The van der Waals surface area contributed by atoms with Gasteiger partial charge in [-0.15, -0.1) is 0 Å². The topological polar surface area (TPSA) is 76.4 Å². The van der Waals surface area contributed by atoms with E-state index in [1.54, 1.807) is 0 Å². The second-order valence-electron chi connectivity index (χ2n) is 4.07. The number of ether oxygens (including phenoxy) is 1. The molecule has 1 atom stereocenters. The van der Waals surface area contributed by atoms with E-state index >= 15 is 0 Å². The van der Waals surface area contributed by atoms with Crippen LogP contribution in [-0.4, -0.2) is 30.9 Å². The number of alkyl halides is 3. The molecule has 2 N–H and O–H groups in total. The van der Waals surface area contributed by atoms with Gasteiger partial charge in [0, 0.05) is 13.2 Å². The van der Waals surface area contributed by atoms with Crippen molar-refractivity contribution in [3.63, 3.8) is 0 Å². The van der Waals surface area contributed by atoms with E-state index in [0.717, 1.165) is 6.07 Å². The van der Waals surface area contributed by atoms with Crippen LogP contribution < -0.4 is 10.6 Å². The van der Waals surface area contributed by atoms with Crippen molar-refractivity contribution in [3.8, 4) is 0 Å². The largest absolute Gasteiger partial charge is 0.452 e. The molecule has 20 heavy (non-hydrogen) atoms. The van der Waals surface area contributed by atoms with Crippen molar-refractivity contribution in [3.05, 3.63) is 17.5 Å². The minimum absolute atomic E-state index is 0.00716. The molecule has 1 unspecified atom stereocenters. The minimum Gasteiger partial charge on any atom is -0.383 e. The van der Waals surface area contributed by atoms with Crippen molar-refractivity contribution in [2.24, 2.45) is 0 Å². The number of nitrogens with zero attached hydrogens (tertiary/aromatic N) is 1. The van der Waals surface area contributed by atoms with Crippen molar-refractivity contribution in [1.29, 1.82) is 0 Å². The fraction of sp³-hybridized carbons (Fsp3) is 0.636.